The fourth-order valence-electron chi connectivity index (χ4n) is 0. The Kier molecular flexibility index (Phi) is 1.78. The lowest BCUT2D eigenvalue weighted by Gasteiger charge is -2.19. The van der Waals surface area contributed by atoms with Crippen molar-refractivity contribution < 1.29 is 10.2 Å². The van der Waals surface area contributed by atoms with E-state index in [4.69, 9.17) is 10.2 Å². The quantitative estimate of drug-likeness (QED) is 0.496. The van der Waals surface area contributed by atoms with Crippen LogP contribution in [-0.2, 0) is 0 Å². The van der Waals surface area contributed by atoms with Gasteiger partial charge in [0.25, 0.3) is 0 Å². The van der Waals surface area contributed by atoms with E-state index in [9.17, 15) is 0 Å². The molecule has 0 radical (unpaired) electrons. The summed E-state index contributed by atoms with van der Waals surface area (Å²) in [6.07, 6.45) is -0.646. The van der Waals surface area contributed by atoms with Crippen LogP contribution in [0.3, 0.4) is 0 Å². The summed E-state index contributed by atoms with van der Waals surface area (Å²) >= 11 is 0. The van der Waals surface area contributed by atoms with Crippen molar-refractivity contribution in [3.05, 3.63) is 0 Å². The molecular weight excluding hydrogens is 92.1 g/mol. The average Bonchev–Trinajstić information content (AvgIpc) is 1.31. The molecule has 0 saturated carbocycles. The summed E-state index contributed by atoms with van der Waals surface area (Å²) < 4.78 is 0. The van der Waals surface area contributed by atoms with Crippen LogP contribution in [0.2, 0.25) is 0 Å². The van der Waals surface area contributed by atoms with Gasteiger partial charge in [-0.3, -0.25) is 0 Å². The van der Waals surface area contributed by atoms with Gasteiger partial charge < -0.3 is 10.2 Å². The van der Waals surface area contributed by atoms with E-state index in [1.54, 1.807) is 20.8 Å². The largest absolute Gasteiger partial charge is 0.390 e. The van der Waals surface area contributed by atoms with Crippen LogP contribution < -0.4 is 0 Å². The second-order valence-electron chi connectivity index (χ2n) is 2.33. The first-order valence-electron chi connectivity index (χ1n) is 2.35. The van der Waals surface area contributed by atoms with E-state index in [1.165, 1.54) is 0 Å². The highest BCUT2D eigenvalue weighted by molar-refractivity contribution is 4.70. The first-order chi connectivity index (χ1) is 2.94. The highest BCUT2D eigenvalue weighted by Crippen LogP contribution is 2.05. The summed E-state index contributed by atoms with van der Waals surface area (Å²) in [6, 6.07) is 0. The molecule has 0 fully saturated rings. The maximum absolute atomic E-state index is 8.84. The highest BCUT2D eigenvalue weighted by atomic mass is 16.3. The Morgan fingerprint density at radius 3 is 1.57 bits per heavy atom. The molecule has 0 spiro atoms. The van der Waals surface area contributed by atoms with Crippen LogP contribution in [0, 0.1) is 0 Å². The summed E-state index contributed by atoms with van der Waals surface area (Å²) in [5.74, 6) is 0. The Labute approximate surface area is 43.8 Å². The third-order valence-electron chi connectivity index (χ3n) is 1.02. The van der Waals surface area contributed by atoms with Crippen molar-refractivity contribution in [3.8, 4) is 0 Å². The second-order valence-corrected chi connectivity index (χ2v) is 2.33. The molecule has 44 valence electrons. The first-order valence-corrected chi connectivity index (χ1v) is 2.35. The minimum atomic E-state index is -0.944. The van der Waals surface area contributed by atoms with Gasteiger partial charge in [-0.15, -0.1) is 0 Å². The van der Waals surface area contributed by atoms with Gasteiger partial charge in [-0.2, -0.15) is 0 Å². The van der Waals surface area contributed by atoms with Gasteiger partial charge in [-0.05, 0) is 20.8 Å². The normalized spacial score (nSPS) is 16.7. The molecular formula is C5H12O2. The van der Waals surface area contributed by atoms with Crippen LogP contribution in [0.4, 0.5) is 0 Å². The zero-order valence-electron chi connectivity index (χ0n) is 4.97. The zero-order chi connectivity index (χ0) is 6.08. The summed E-state index contributed by atoms with van der Waals surface area (Å²) in [4.78, 5) is 0. The number of rotatable bonds is 1. The highest BCUT2D eigenvalue weighted by Gasteiger charge is 2.18. The van der Waals surface area contributed by atoms with Crippen molar-refractivity contribution in [2.75, 3.05) is 0 Å². The molecule has 0 aliphatic heterocycles. The third-order valence-corrected chi connectivity index (χ3v) is 1.02. The molecule has 0 amide bonds. The Morgan fingerprint density at radius 1 is 1.43 bits per heavy atom. The smallest absolute Gasteiger partial charge is 0.0846 e. The van der Waals surface area contributed by atoms with E-state index >= 15 is 0 Å². The van der Waals surface area contributed by atoms with Gasteiger partial charge in [0.05, 0.1) is 11.7 Å². The molecule has 7 heavy (non-hydrogen) atoms. The van der Waals surface area contributed by atoms with Crippen LogP contribution >= 0.6 is 0 Å². The SMILES string of the molecule is C[C@@H](O)C(C)(C)O. The van der Waals surface area contributed by atoms with Crippen LogP contribution in [0.25, 0.3) is 0 Å². The lowest BCUT2D eigenvalue weighted by Crippen LogP contribution is -2.32. The van der Waals surface area contributed by atoms with Crippen molar-refractivity contribution in [2.45, 2.75) is 32.5 Å². The zero-order valence-corrected chi connectivity index (χ0v) is 4.97. The van der Waals surface area contributed by atoms with Gasteiger partial charge in [0.15, 0.2) is 0 Å². The molecule has 2 heteroatoms. The van der Waals surface area contributed by atoms with Gasteiger partial charge in [-0.25, -0.2) is 0 Å². The van der Waals surface area contributed by atoms with Crippen LogP contribution in [0.5, 0.6) is 0 Å². The Bertz CT molecular complexity index is 51.6. The molecule has 0 aliphatic carbocycles. The molecule has 2 nitrogen and oxygen atoms in total. The van der Waals surface area contributed by atoms with Gasteiger partial charge in [-0.1, -0.05) is 0 Å². The summed E-state index contributed by atoms with van der Waals surface area (Å²) in [6.45, 7) is 4.69. The van der Waals surface area contributed by atoms with Crippen molar-refractivity contribution in [2.24, 2.45) is 0 Å². The molecule has 0 bridgehead atoms. The molecule has 1 atom stereocenters. The molecule has 0 aromatic carbocycles. The van der Waals surface area contributed by atoms with E-state index in [1.807, 2.05) is 0 Å². The van der Waals surface area contributed by atoms with Crippen molar-refractivity contribution in [1.29, 1.82) is 0 Å². The van der Waals surface area contributed by atoms with Crippen molar-refractivity contribution >= 4 is 0 Å². The third kappa shape index (κ3) is 2.60. The van der Waals surface area contributed by atoms with E-state index in [0.29, 0.717) is 0 Å². The first kappa shape index (κ1) is 6.92. The Hall–Kier alpha value is -0.0800. The van der Waals surface area contributed by atoms with Gasteiger partial charge in [0.1, 0.15) is 0 Å². The van der Waals surface area contributed by atoms with Gasteiger partial charge in [0, 0.05) is 0 Å². The summed E-state index contributed by atoms with van der Waals surface area (Å²) in [7, 11) is 0. The van der Waals surface area contributed by atoms with E-state index in [0.717, 1.165) is 0 Å². The maximum atomic E-state index is 8.84. The van der Waals surface area contributed by atoms with Crippen LogP contribution in [-0.4, -0.2) is 21.9 Å². The molecule has 0 aliphatic rings. The second kappa shape index (κ2) is 1.80. The number of hydrogen-bond donors (Lipinski definition) is 2. The van der Waals surface area contributed by atoms with Gasteiger partial charge >= 0.3 is 0 Å². The topological polar surface area (TPSA) is 40.5 Å². The van der Waals surface area contributed by atoms with E-state index in [-0.39, 0.29) is 0 Å². The predicted molar refractivity (Wildman–Crippen MR) is 28.0 cm³/mol. The lowest BCUT2D eigenvalue weighted by atomic mass is 10.0. The number of aliphatic hydroxyl groups is 2. The number of hydrogen-bond acceptors (Lipinski definition) is 2. The summed E-state index contributed by atoms with van der Waals surface area (Å²) in [5, 5.41) is 17.5. The van der Waals surface area contributed by atoms with E-state index in [2.05, 4.69) is 0 Å². The molecule has 0 unspecified atom stereocenters. The van der Waals surface area contributed by atoms with Crippen LogP contribution in [0.15, 0.2) is 0 Å². The molecule has 2 N–H and O–H groups in total. The fourth-order valence-corrected chi connectivity index (χ4v) is 0. The fraction of sp³-hybridized carbons (Fsp3) is 1.00. The molecule has 0 rings (SSSR count). The van der Waals surface area contributed by atoms with Crippen LogP contribution in [0.1, 0.15) is 20.8 Å². The number of aliphatic hydroxyl groups excluding tert-OH is 1. The van der Waals surface area contributed by atoms with Crippen molar-refractivity contribution in [3.63, 3.8) is 0 Å². The Balaban J connectivity index is 3.54. The molecule has 0 aromatic heterocycles. The van der Waals surface area contributed by atoms with Crippen molar-refractivity contribution in [1.82, 2.24) is 0 Å². The standard InChI is InChI=1S/C5H12O2/c1-4(6)5(2,3)7/h4,6-7H,1-3H3/t4-/m1/s1. The van der Waals surface area contributed by atoms with Gasteiger partial charge in [0.2, 0.25) is 0 Å². The minimum absolute atomic E-state index is 0.646. The molecule has 0 heterocycles. The van der Waals surface area contributed by atoms with E-state index < -0.39 is 11.7 Å². The monoisotopic (exact) mass is 104 g/mol. The summed E-state index contributed by atoms with van der Waals surface area (Å²) in [5.41, 5.74) is -0.944. The Morgan fingerprint density at radius 2 is 1.57 bits per heavy atom. The molecule has 0 aromatic rings. The minimum Gasteiger partial charge on any atom is -0.390 e. The average molecular weight is 104 g/mol. The lowest BCUT2D eigenvalue weighted by molar-refractivity contribution is -0.0375. The maximum Gasteiger partial charge on any atom is 0.0846 e. The molecule has 0 saturated heterocycles. The predicted octanol–water partition coefficient (Wildman–Crippen LogP) is 0.138.